The summed E-state index contributed by atoms with van der Waals surface area (Å²) in [5.74, 6) is 0. The first kappa shape index (κ1) is 9.39. The van der Waals surface area contributed by atoms with E-state index in [1.807, 2.05) is 0 Å². The van der Waals surface area contributed by atoms with Gasteiger partial charge in [0.05, 0.1) is 0 Å². The number of rotatable bonds is 3. The molecule has 0 aromatic carbocycles. The molecule has 10 heavy (non-hydrogen) atoms. The summed E-state index contributed by atoms with van der Waals surface area (Å²) in [4.78, 5) is 0. The molecule has 0 rings (SSSR count). The fourth-order valence-electron chi connectivity index (χ4n) is 0.393. The second-order valence-electron chi connectivity index (χ2n) is 1.76. The average Bonchev–Trinajstić information content (AvgIpc) is 1.87. The van der Waals surface area contributed by atoms with Gasteiger partial charge in [-0.25, -0.2) is 0 Å². The van der Waals surface area contributed by atoms with Crippen molar-refractivity contribution in [2.75, 3.05) is 7.05 Å². The third kappa shape index (κ3) is 2.80. The second kappa shape index (κ2) is 4.24. The normalized spacial score (nSPS) is 14.5. The van der Waals surface area contributed by atoms with Gasteiger partial charge >= 0.3 is 0 Å². The molecule has 0 saturated heterocycles. The van der Waals surface area contributed by atoms with Crippen LogP contribution in [-0.4, -0.2) is 20.1 Å². The summed E-state index contributed by atoms with van der Waals surface area (Å²) < 4.78 is 21.7. The molecule has 0 N–H and O–H groups in total. The Morgan fingerprint density at radius 2 is 2.30 bits per heavy atom. The fourth-order valence-corrected chi connectivity index (χ4v) is 0.689. The van der Waals surface area contributed by atoms with Gasteiger partial charge in [-0.15, -0.1) is 0 Å². The summed E-state index contributed by atoms with van der Waals surface area (Å²) in [7, 11) is 1.47. The smallest absolute Gasteiger partial charge is 0.0469 e. The third-order valence-electron chi connectivity index (χ3n) is 1.08. The lowest BCUT2D eigenvalue weighted by molar-refractivity contribution is 0.473. The van der Waals surface area contributed by atoms with E-state index in [0.29, 0.717) is 5.70 Å². The Hall–Kier alpha value is -0.610. The van der Waals surface area contributed by atoms with E-state index in [-0.39, 0.29) is 0 Å². The Bertz CT molecular complexity index is 177. The quantitative estimate of drug-likeness (QED) is 0.453. The minimum absolute atomic E-state index is 0.642. The Morgan fingerprint density at radius 3 is 2.60 bits per heavy atom. The maximum atomic E-state index is 10.3. The third-order valence-corrected chi connectivity index (χ3v) is 1.81. The monoisotopic (exact) mass is 160 g/mol. The summed E-state index contributed by atoms with van der Waals surface area (Å²) in [5.41, 5.74) is 0.642. The molecule has 0 aliphatic rings. The van der Waals surface area contributed by atoms with Gasteiger partial charge in [-0.05, 0) is 13.0 Å². The van der Waals surface area contributed by atoms with Crippen molar-refractivity contribution in [2.45, 2.75) is 6.92 Å². The number of hydrogen-bond donors (Lipinski definition) is 0. The van der Waals surface area contributed by atoms with Crippen LogP contribution in [0.5, 0.6) is 0 Å². The standard InChI is InChI=1S/C6H11NO2S/c1-4-5-6(2)7(3)10(8)9/h4-5H,1H2,2-3H3,(H,8,9)/p-1/b6-5+. The Morgan fingerprint density at radius 1 is 1.80 bits per heavy atom. The predicted molar refractivity (Wildman–Crippen MR) is 40.6 cm³/mol. The minimum Gasteiger partial charge on any atom is -0.755 e. The van der Waals surface area contributed by atoms with Gasteiger partial charge in [0.15, 0.2) is 0 Å². The van der Waals surface area contributed by atoms with Crippen molar-refractivity contribution in [1.82, 2.24) is 4.31 Å². The van der Waals surface area contributed by atoms with Gasteiger partial charge < -0.3 is 8.86 Å². The Kier molecular flexibility index (Phi) is 3.99. The molecule has 0 aromatic rings. The van der Waals surface area contributed by atoms with Gasteiger partial charge in [0.25, 0.3) is 0 Å². The maximum Gasteiger partial charge on any atom is 0.0469 e. The molecule has 0 aliphatic carbocycles. The lowest BCUT2D eigenvalue weighted by atomic mass is 10.4. The van der Waals surface area contributed by atoms with Crippen LogP contribution >= 0.6 is 0 Å². The topological polar surface area (TPSA) is 43.4 Å². The summed E-state index contributed by atoms with van der Waals surface area (Å²) in [6.07, 6.45) is 3.16. The minimum atomic E-state index is -2.17. The molecule has 0 heterocycles. The number of allylic oxidation sites excluding steroid dienone is 3. The lowest BCUT2D eigenvalue weighted by Crippen LogP contribution is -2.17. The maximum absolute atomic E-state index is 10.3. The van der Waals surface area contributed by atoms with E-state index in [1.165, 1.54) is 7.05 Å². The van der Waals surface area contributed by atoms with Gasteiger partial charge in [0.2, 0.25) is 0 Å². The van der Waals surface area contributed by atoms with Crippen molar-refractivity contribution >= 4 is 11.3 Å². The van der Waals surface area contributed by atoms with Crippen LogP contribution < -0.4 is 0 Å². The molecule has 0 radical (unpaired) electrons. The summed E-state index contributed by atoms with van der Waals surface area (Å²) >= 11 is -2.17. The first-order chi connectivity index (χ1) is 4.59. The van der Waals surface area contributed by atoms with E-state index in [4.69, 9.17) is 0 Å². The van der Waals surface area contributed by atoms with Crippen molar-refractivity contribution in [2.24, 2.45) is 0 Å². The zero-order chi connectivity index (χ0) is 8.15. The highest BCUT2D eigenvalue weighted by molar-refractivity contribution is 7.76. The lowest BCUT2D eigenvalue weighted by Gasteiger charge is -2.21. The van der Waals surface area contributed by atoms with Gasteiger partial charge in [-0.2, -0.15) is 0 Å². The Labute approximate surface area is 63.5 Å². The van der Waals surface area contributed by atoms with E-state index in [2.05, 4.69) is 6.58 Å². The van der Waals surface area contributed by atoms with Crippen molar-refractivity contribution in [3.63, 3.8) is 0 Å². The molecular weight excluding hydrogens is 150 g/mol. The van der Waals surface area contributed by atoms with Crippen LogP contribution in [0, 0.1) is 0 Å². The van der Waals surface area contributed by atoms with E-state index in [1.54, 1.807) is 19.1 Å². The van der Waals surface area contributed by atoms with Crippen molar-refractivity contribution < 1.29 is 8.76 Å². The van der Waals surface area contributed by atoms with E-state index >= 15 is 0 Å². The van der Waals surface area contributed by atoms with Crippen LogP contribution in [-0.2, 0) is 11.3 Å². The summed E-state index contributed by atoms with van der Waals surface area (Å²) in [5, 5.41) is 0. The van der Waals surface area contributed by atoms with Crippen LogP contribution in [0.15, 0.2) is 24.4 Å². The van der Waals surface area contributed by atoms with Crippen LogP contribution in [0.4, 0.5) is 0 Å². The van der Waals surface area contributed by atoms with Gasteiger partial charge in [0.1, 0.15) is 0 Å². The molecule has 0 saturated carbocycles. The molecule has 0 amide bonds. The highest BCUT2D eigenvalue weighted by Gasteiger charge is 1.94. The van der Waals surface area contributed by atoms with Crippen LogP contribution in [0.1, 0.15) is 6.92 Å². The molecule has 0 aliphatic heterocycles. The molecule has 0 spiro atoms. The zero-order valence-electron chi connectivity index (χ0n) is 6.03. The molecule has 4 heteroatoms. The van der Waals surface area contributed by atoms with E-state index in [0.717, 1.165) is 4.31 Å². The van der Waals surface area contributed by atoms with Gasteiger partial charge in [-0.3, -0.25) is 4.21 Å². The van der Waals surface area contributed by atoms with Crippen molar-refractivity contribution in [1.29, 1.82) is 0 Å². The molecule has 1 unspecified atom stereocenters. The van der Waals surface area contributed by atoms with Crippen molar-refractivity contribution in [3.05, 3.63) is 24.4 Å². The second-order valence-corrected chi connectivity index (χ2v) is 2.74. The van der Waals surface area contributed by atoms with Crippen molar-refractivity contribution in [3.8, 4) is 0 Å². The van der Waals surface area contributed by atoms with Crippen LogP contribution in [0.3, 0.4) is 0 Å². The molecule has 0 fully saturated rings. The highest BCUT2D eigenvalue weighted by atomic mass is 32.2. The molecule has 0 aromatic heterocycles. The first-order valence-electron chi connectivity index (χ1n) is 2.72. The number of nitrogens with zero attached hydrogens (tertiary/aromatic N) is 1. The van der Waals surface area contributed by atoms with E-state index in [9.17, 15) is 8.76 Å². The first-order valence-corrected chi connectivity index (χ1v) is 3.75. The van der Waals surface area contributed by atoms with Crippen LogP contribution in [0.2, 0.25) is 0 Å². The molecule has 58 valence electrons. The molecule has 1 atom stereocenters. The SMILES string of the molecule is C=C/C=C(\C)N(C)S(=O)[O-]. The summed E-state index contributed by atoms with van der Waals surface area (Å²) in [6, 6.07) is 0. The average molecular weight is 160 g/mol. The molecular formula is C6H10NO2S-. The van der Waals surface area contributed by atoms with Gasteiger partial charge in [-0.1, -0.05) is 12.7 Å². The molecule has 3 nitrogen and oxygen atoms in total. The Balaban J connectivity index is 4.19. The summed E-state index contributed by atoms with van der Waals surface area (Å²) in [6.45, 7) is 5.13. The molecule has 0 bridgehead atoms. The predicted octanol–water partition coefficient (Wildman–Crippen LogP) is 0.802. The largest absolute Gasteiger partial charge is 0.755 e. The highest BCUT2D eigenvalue weighted by Crippen LogP contribution is 2.00. The van der Waals surface area contributed by atoms with Crippen LogP contribution in [0.25, 0.3) is 0 Å². The number of hydrogen-bond acceptors (Lipinski definition) is 2. The van der Waals surface area contributed by atoms with E-state index < -0.39 is 11.3 Å². The van der Waals surface area contributed by atoms with Gasteiger partial charge in [0, 0.05) is 24.0 Å². The zero-order valence-corrected chi connectivity index (χ0v) is 6.85. The fraction of sp³-hybridized carbons (Fsp3) is 0.333.